The number of hydrogen-bond donors (Lipinski definition) is 2. The van der Waals surface area contributed by atoms with Gasteiger partial charge in [-0.2, -0.15) is 0 Å². The average molecular weight is 227 g/mol. The van der Waals surface area contributed by atoms with Crippen LogP contribution in [0, 0.1) is 0 Å². The minimum Gasteiger partial charge on any atom is -0.390 e. The molecule has 1 fully saturated rings. The number of carbonyl (C=O) groups is 1. The van der Waals surface area contributed by atoms with Gasteiger partial charge in [0.15, 0.2) is 0 Å². The number of anilines is 2. The lowest BCUT2D eigenvalue weighted by molar-refractivity contribution is -0.124. The van der Waals surface area contributed by atoms with Crippen molar-refractivity contribution in [1.29, 1.82) is 0 Å². The Bertz CT molecular complexity index is 380. The topological polar surface area (TPSA) is 107 Å². The van der Waals surface area contributed by atoms with Crippen LogP contribution in [0.4, 0.5) is 12.0 Å². The van der Waals surface area contributed by atoms with Crippen LogP contribution in [0.1, 0.15) is 0 Å². The zero-order chi connectivity index (χ0) is 11.5. The van der Waals surface area contributed by atoms with E-state index in [1.54, 1.807) is 11.9 Å². The largest absolute Gasteiger partial charge is 0.390 e. The van der Waals surface area contributed by atoms with Gasteiger partial charge in [-0.1, -0.05) is 10.2 Å². The number of likely N-dealkylation sites (N-methyl/N-ethyl adjacent to an activating group) is 1. The molecular weight excluding hydrogens is 214 g/mol. The first-order chi connectivity index (χ1) is 7.72. The second-order valence-electron chi connectivity index (χ2n) is 3.32. The summed E-state index contributed by atoms with van der Waals surface area (Å²) >= 11 is 0. The lowest BCUT2D eigenvalue weighted by Gasteiger charge is -2.32. The van der Waals surface area contributed by atoms with Crippen LogP contribution < -0.4 is 16.0 Å². The van der Waals surface area contributed by atoms with Crippen molar-refractivity contribution < 1.29 is 13.9 Å². The molecule has 0 aromatic carbocycles. The molecule has 1 amide bonds. The van der Waals surface area contributed by atoms with E-state index in [0.717, 1.165) is 0 Å². The van der Waals surface area contributed by atoms with Crippen molar-refractivity contribution in [2.24, 2.45) is 0 Å². The van der Waals surface area contributed by atoms with E-state index in [-0.39, 0.29) is 17.9 Å². The van der Waals surface area contributed by atoms with Crippen LogP contribution >= 0.6 is 0 Å². The molecule has 8 nitrogen and oxygen atoms in total. The van der Waals surface area contributed by atoms with E-state index < -0.39 is 6.04 Å². The second kappa shape index (κ2) is 4.35. The maximum Gasteiger partial charge on any atom is 0.320 e. The summed E-state index contributed by atoms with van der Waals surface area (Å²) < 4.78 is 10.3. The molecule has 0 saturated carbocycles. The number of ether oxygens (including phenoxy) is 1. The lowest BCUT2D eigenvalue weighted by atomic mass is 10.2. The van der Waals surface area contributed by atoms with Crippen molar-refractivity contribution in [2.75, 3.05) is 37.4 Å². The molecule has 1 atom stereocenters. The molecular formula is C8H13N5O3. The van der Waals surface area contributed by atoms with E-state index in [9.17, 15) is 4.79 Å². The second-order valence-corrected chi connectivity index (χ2v) is 3.32. The fourth-order valence-corrected chi connectivity index (χ4v) is 1.56. The SMILES string of the molecule is CNC(=O)C1COCCN1c1nnc(N)o1. The molecule has 1 unspecified atom stereocenters. The van der Waals surface area contributed by atoms with Crippen LogP contribution in [0.25, 0.3) is 0 Å². The van der Waals surface area contributed by atoms with Crippen molar-refractivity contribution in [3.05, 3.63) is 0 Å². The van der Waals surface area contributed by atoms with Gasteiger partial charge in [-0.05, 0) is 0 Å². The van der Waals surface area contributed by atoms with Gasteiger partial charge in [-0.25, -0.2) is 0 Å². The molecule has 0 bridgehead atoms. The molecule has 8 heteroatoms. The van der Waals surface area contributed by atoms with Crippen molar-refractivity contribution in [3.8, 4) is 0 Å². The van der Waals surface area contributed by atoms with Gasteiger partial charge in [0.25, 0.3) is 0 Å². The molecule has 16 heavy (non-hydrogen) atoms. The molecule has 1 aliphatic rings. The van der Waals surface area contributed by atoms with Gasteiger partial charge < -0.3 is 25.1 Å². The summed E-state index contributed by atoms with van der Waals surface area (Å²) in [6.07, 6.45) is 0. The summed E-state index contributed by atoms with van der Waals surface area (Å²) in [5.74, 6) is -0.156. The van der Waals surface area contributed by atoms with Gasteiger partial charge in [0, 0.05) is 13.6 Å². The average Bonchev–Trinajstić information content (AvgIpc) is 2.75. The van der Waals surface area contributed by atoms with Gasteiger partial charge >= 0.3 is 12.0 Å². The van der Waals surface area contributed by atoms with Crippen LogP contribution in [0.2, 0.25) is 0 Å². The first-order valence-corrected chi connectivity index (χ1v) is 4.87. The van der Waals surface area contributed by atoms with Crippen molar-refractivity contribution in [2.45, 2.75) is 6.04 Å². The molecule has 88 valence electrons. The Morgan fingerprint density at radius 2 is 2.44 bits per heavy atom. The van der Waals surface area contributed by atoms with Gasteiger partial charge in [0.1, 0.15) is 6.04 Å². The fourth-order valence-electron chi connectivity index (χ4n) is 1.56. The van der Waals surface area contributed by atoms with E-state index in [2.05, 4.69) is 15.5 Å². The Morgan fingerprint density at radius 1 is 1.62 bits per heavy atom. The zero-order valence-electron chi connectivity index (χ0n) is 8.84. The summed E-state index contributed by atoms with van der Waals surface area (Å²) in [6.45, 7) is 1.32. The highest BCUT2D eigenvalue weighted by atomic mass is 16.5. The van der Waals surface area contributed by atoms with Crippen LogP contribution in [0.5, 0.6) is 0 Å². The Kier molecular flexibility index (Phi) is 2.91. The van der Waals surface area contributed by atoms with E-state index in [0.29, 0.717) is 19.8 Å². The number of nitrogens with two attached hydrogens (primary N) is 1. The maximum absolute atomic E-state index is 11.6. The molecule has 1 aromatic rings. The van der Waals surface area contributed by atoms with E-state index in [4.69, 9.17) is 14.9 Å². The van der Waals surface area contributed by atoms with E-state index in [1.807, 2.05) is 0 Å². The maximum atomic E-state index is 11.6. The number of rotatable bonds is 2. The van der Waals surface area contributed by atoms with Gasteiger partial charge in [0.05, 0.1) is 13.2 Å². The van der Waals surface area contributed by atoms with Gasteiger partial charge in [0.2, 0.25) is 5.91 Å². The third-order valence-corrected chi connectivity index (χ3v) is 2.35. The number of nitrogens with one attached hydrogen (secondary N) is 1. The molecule has 0 aliphatic carbocycles. The van der Waals surface area contributed by atoms with Gasteiger partial charge in [-0.3, -0.25) is 4.79 Å². The Hall–Kier alpha value is -1.83. The lowest BCUT2D eigenvalue weighted by Crippen LogP contribution is -2.53. The van der Waals surface area contributed by atoms with E-state index in [1.165, 1.54) is 0 Å². The Balaban J connectivity index is 2.19. The predicted molar refractivity (Wildman–Crippen MR) is 54.7 cm³/mol. The minimum absolute atomic E-state index is 0.0165. The van der Waals surface area contributed by atoms with Crippen molar-refractivity contribution in [1.82, 2.24) is 15.5 Å². The van der Waals surface area contributed by atoms with Crippen LogP contribution in [-0.2, 0) is 9.53 Å². The Labute approximate surface area is 91.7 Å². The molecule has 2 rings (SSSR count). The highest BCUT2D eigenvalue weighted by Gasteiger charge is 2.32. The van der Waals surface area contributed by atoms with Crippen LogP contribution in [0.15, 0.2) is 4.42 Å². The predicted octanol–water partition coefficient (Wildman–Crippen LogP) is -1.40. The smallest absolute Gasteiger partial charge is 0.320 e. The highest BCUT2D eigenvalue weighted by molar-refractivity contribution is 5.84. The first kappa shape index (κ1) is 10.7. The van der Waals surface area contributed by atoms with Crippen molar-refractivity contribution >= 4 is 17.9 Å². The van der Waals surface area contributed by atoms with Crippen molar-refractivity contribution in [3.63, 3.8) is 0 Å². The molecule has 0 spiro atoms. The summed E-state index contributed by atoms with van der Waals surface area (Å²) in [6, 6.07) is -0.231. The molecule has 0 radical (unpaired) electrons. The third-order valence-electron chi connectivity index (χ3n) is 2.35. The Morgan fingerprint density at radius 3 is 3.06 bits per heavy atom. The minimum atomic E-state index is -0.460. The molecule has 1 aromatic heterocycles. The standard InChI is InChI=1S/C8H13N5O3/c1-10-6(14)5-4-15-3-2-13(5)8-12-11-7(9)16-8/h5H,2-4H2,1H3,(H2,9,11)(H,10,14). The van der Waals surface area contributed by atoms with Crippen LogP contribution in [-0.4, -0.2) is 49.0 Å². The molecule has 2 heterocycles. The number of carbonyl (C=O) groups excluding carboxylic acids is 1. The molecule has 3 N–H and O–H groups in total. The summed E-state index contributed by atoms with van der Waals surface area (Å²) in [7, 11) is 1.57. The summed E-state index contributed by atoms with van der Waals surface area (Å²) in [5, 5.41) is 9.87. The number of nitrogen functional groups attached to an aromatic ring is 1. The molecule has 1 saturated heterocycles. The summed E-state index contributed by atoms with van der Waals surface area (Å²) in [4.78, 5) is 13.3. The fraction of sp³-hybridized carbons (Fsp3) is 0.625. The van der Waals surface area contributed by atoms with E-state index >= 15 is 0 Å². The monoisotopic (exact) mass is 227 g/mol. The number of morpholine rings is 1. The van der Waals surface area contributed by atoms with Gasteiger partial charge in [-0.15, -0.1) is 0 Å². The van der Waals surface area contributed by atoms with Crippen LogP contribution in [0.3, 0.4) is 0 Å². The summed E-state index contributed by atoms with van der Waals surface area (Å²) in [5.41, 5.74) is 5.34. The number of nitrogens with zero attached hydrogens (tertiary/aromatic N) is 3. The highest BCUT2D eigenvalue weighted by Crippen LogP contribution is 2.18. The quantitative estimate of drug-likeness (QED) is 0.640. The number of hydrogen-bond acceptors (Lipinski definition) is 7. The third kappa shape index (κ3) is 1.91. The molecule has 1 aliphatic heterocycles. The normalized spacial score (nSPS) is 20.8. The first-order valence-electron chi connectivity index (χ1n) is 4.87. The number of aromatic nitrogens is 2. The zero-order valence-corrected chi connectivity index (χ0v) is 8.84. The number of amides is 1.